The van der Waals surface area contributed by atoms with Crippen molar-refractivity contribution in [2.24, 2.45) is 0 Å². The van der Waals surface area contributed by atoms with Gasteiger partial charge in [-0.3, -0.25) is 9.59 Å². The van der Waals surface area contributed by atoms with Crippen LogP contribution in [0.25, 0.3) is 10.9 Å². The zero-order valence-corrected chi connectivity index (χ0v) is 14.3. The molecule has 130 valence electrons. The van der Waals surface area contributed by atoms with E-state index in [1.165, 1.54) is 12.3 Å². The molecule has 1 aromatic heterocycles. The minimum atomic E-state index is -3.42. The molecule has 8 nitrogen and oxygen atoms in total. The fourth-order valence-electron chi connectivity index (χ4n) is 2.66. The van der Waals surface area contributed by atoms with Crippen LogP contribution in [0.1, 0.15) is 23.2 Å². The number of aromatic nitrogens is 1. The molecule has 3 rings (SSSR count). The number of fused-ring (bicyclic) bond motifs is 1. The van der Waals surface area contributed by atoms with Gasteiger partial charge in [-0.2, -0.15) is 5.26 Å². The number of carbonyl (C=O) groups excluding carboxylic acids is 2. The van der Waals surface area contributed by atoms with Crippen molar-refractivity contribution < 1.29 is 18.0 Å². The van der Waals surface area contributed by atoms with E-state index in [0.29, 0.717) is 29.3 Å². The summed E-state index contributed by atoms with van der Waals surface area (Å²) in [5, 5.41) is 14.3. The second-order valence-electron chi connectivity index (χ2n) is 6.03. The Morgan fingerprint density at radius 3 is 2.64 bits per heavy atom. The van der Waals surface area contributed by atoms with Crippen LogP contribution in [0, 0.1) is 11.3 Å². The minimum absolute atomic E-state index is 0.110. The smallest absolute Gasteiger partial charge is 0.252 e. The van der Waals surface area contributed by atoms with Gasteiger partial charge in [-0.1, -0.05) is 0 Å². The summed E-state index contributed by atoms with van der Waals surface area (Å²) in [5.74, 6) is -0.787. The predicted octanol–water partition coefficient (Wildman–Crippen LogP) is 0.351. The van der Waals surface area contributed by atoms with E-state index >= 15 is 0 Å². The van der Waals surface area contributed by atoms with Gasteiger partial charge in [0.15, 0.2) is 0 Å². The van der Waals surface area contributed by atoms with Crippen molar-refractivity contribution in [2.45, 2.75) is 18.4 Å². The monoisotopic (exact) mass is 360 g/mol. The van der Waals surface area contributed by atoms with E-state index in [2.05, 4.69) is 10.6 Å². The van der Waals surface area contributed by atoms with Crippen molar-refractivity contribution in [3.05, 3.63) is 36.0 Å². The third kappa shape index (κ3) is 3.21. The van der Waals surface area contributed by atoms with Crippen LogP contribution in [-0.4, -0.2) is 42.5 Å². The Hall–Kier alpha value is -2.86. The summed E-state index contributed by atoms with van der Waals surface area (Å²) >= 11 is 0. The Balaban J connectivity index is 1.82. The van der Waals surface area contributed by atoms with Gasteiger partial charge in [0.2, 0.25) is 15.9 Å². The molecule has 0 saturated heterocycles. The Labute approximate surface area is 144 Å². The summed E-state index contributed by atoms with van der Waals surface area (Å²) in [5.41, 5.74) is -0.147. The molecule has 9 heteroatoms. The molecule has 0 aliphatic heterocycles. The molecule has 25 heavy (non-hydrogen) atoms. The molecule has 1 heterocycles. The van der Waals surface area contributed by atoms with E-state index in [1.807, 2.05) is 6.07 Å². The molecule has 2 amide bonds. The first-order valence-corrected chi connectivity index (χ1v) is 9.41. The molecule has 1 aromatic carbocycles. The minimum Gasteiger partial charge on any atom is -0.341 e. The maximum Gasteiger partial charge on any atom is 0.252 e. The van der Waals surface area contributed by atoms with Crippen molar-refractivity contribution in [3.63, 3.8) is 0 Å². The molecule has 1 saturated carbocycles. The van der Waals surface area contributed by atoms with Gasteiger partial charge in [0.25, 0.3) is 5.91 Å². The van der Waals surface area contributed by atoms with Crippen LogP contribution in [0.2, 0.25) is 0 Å². The van der Waals surface area contributed by atoms with Gasteiger partial charge < -0.3 is 10.6 Å². The maximum absolute atomic E-state index is 12.4. The van der Waals surface area contributed by atoms with E-state index in [1.54, 1.807) is 18.2 Å². The molecule has 0 spiro atoms. The highest BCUT2D eigenvalue weighted by atomic mass is 32.2. The SMILES string of the molecule is CS(=O)(=O)n1ccc2cc(C(=O)NC3(C(=O)NCC#N)CC3)ccc21. The van der Waals surface area contributed by atoms with Crippen molar-refractivity contribution in [2.75, 3.05) is 12.8 Å². The molecular formula is C16H16N4O4S. The first-order valence-electron chi connectivity index (χ1n) is 7.56. The van der Waals surface area contributed by atoms with Crippen molar-refractivity contribution in [1.82, 2.24) is 14.6 Å². The van der Waals surface area contributed by atoms with Crippen LogP contribution >= 0.6 is 0 Å². The summed E-state index contributed by atoms with van der Waals surface area (Å²) in [7, 11) is -3.42. The molecule has 0 atom stereocenters. The Kier molecular flexibility index (Phi) is 4.00. The molecule has 0 bridgehead atoms. The zero-order valence-electron chi connectivity index (χ0n) is 13.4. The largest absolute Gasteiger partial charge is 0.341 e. The maximum atomic E-state index is 12.4. The highest BCUT2D eigenvalue weighted by Gasteiger charge is 2.51. The number of hydrogen-bond acceptors (Lipinski definition) is 5. The van der Waals surface area contributed by atoms with Gasteiger partial charge in [-0.15, -0.1) is 0 Å². The summed E-state index contributed by atoms with van der Waals surface area (Å²) in [6, 6.07) is 8.08. The van der Waals surface area contributed by atoms with E-state index in [4.69, 9.17) is 5.26 Å². The summed E-state index contributed by atoms with van der Waals surface area (Å²) in [6.45, 7) is -0.110. The van der Waals surface area contributed by atoms with Crippen LogP contribution in [0.4, 0.5) is 0 Å². The lowest BCUT2D eigenvalue weighted by atomic mass is 10.1. The first-order chi connectivity index (χ1) is 11.8. The van der Waals surface area contributed by atoms with Crippen LogP contribution in [-0.2, 0) is 14.8 Å². The number of nitrogens with one attached hydrogen (secondary N) is 2. The third-order valence-corrected chi connectivity index (χ3v) is 5.17. The highest BCUT2D eigenvalue weighted by molar-refractivity contribution is 7.89. The third-order valence-electron chi connectivity index (χ3n) is 4.14. The molecule has 1 fully saturated rings. The average molecular weight is 360 g/mol. The molecule has 0 radical (unpaired) electrons. The quantitative estimate of drug-likeness (QED) is 0.745. The van der Waals surface area contributed by atoms with Crippen LogP contribution in [0.3, 0.4) is 0 Å². The number of benzene rings is 1. The summed E-state index contributed by atoms with van der Waals surface area (Å²) in [6.07, 6.45) is 3.56. The number of rotatable bonds is 5. The number of nitrogens with zero attached hydrogens (tertiary/aromatic N) is 2. The lowest BCUT2D eigenvalue weighted by Gasteiger charge is -2.16. The van der Waals surface area contributed by atoms with Gasteiger partial charge in [-0.25, -0.2) is 12.4 Å². The van der Waals surface area contributed by atoms with Gasteiger partial charge >= 0.3 is 0 Å². The first kappa shape index (κ1) is 17.0. The normalized spacial score (nSPS) is 15.4. The molecule has 2 N–H and O–H groups in total. The Morgan fingerprint density at radius 2 is 2.04 bits per heavy atom. The van der Waals surface area contributed by atoms with Crippen molar-refractivity contribution >= 4 is 32.7 Å². The standard InChI is InChI=1S/C16H16N4O4S/c1-25(23,24)20-9-4-11-10-12(2-3-13(11)20)14(21)19-16(5-6-16)15(22)18-8-7-17/h2-4,9-10H,5-6,8H2,1H3,(H,18,22)(H,19,21). The van der Waals surface area contributed by atoms with E-state index in [9.17, 15) is 18.0 Å². The molecule has 1 aliphatic rings. The predicted molar refractivity (Wildman–Crippen MR) is 90.2 cm³/mol. The summed E-state index contributed by atoms with van der Waals surface area (Å²) < 4.78 is 24.5. The van der Waals surface area contributed by atoms with Gasteiger partial charge in [-0.05, 0) is 37.1 Å². The van der Waals surface area contributed by atoms with E-state index in [0.717, 1.165) is 10.2 Å². The zero-order chi connectivity index (χ0) is 18.2. The highest BCUT2D eigenvalue weighted by Crippen LogP contribution is 2.36. The van der Waals surface area contributed by atoms with Crippen LogP contribution in [0.15, 0.2) is 30.5 Å². The van der Waals surface area contributed by atoms with E-state index < -0.39 is 21.5 Å². The molecular weight excluding hydrogens is 344 g/mol. The summed E-state index contributed by atoms with van der Waals surface area (Å²) in [4.78, 5) is 24.5. The molecule has 1 aliphatic carbocycles. The lowest BCUT2D eigenvalue weighted by Crippen LogP contribution is -2.49. The molecule has 2 aromatic rings. The number of hydrogen-bond donors (Lipinski definition) is 2. The number of amides is 2. The second kappa shape index (κ2) is 5.89. The van der Waals surface area contributed by atoms with Crippen molar-refractivity contribution in [3.8, 4) is 6.07 Å². The lowest BCUT2D eigenvalue weighted by molar-refractivity contribution is -0.123. The van der Waals surface area contributed by atoms with E-state index in [-0.39, 0.29) is 12.5 Å². The van der Waals surface area contributed by atoms with Gasteiger partial charge in [0.1, 0.15) is 12.1 Å². The van der Waals surface area contributed by atoms with Crippen LogP contribution < -0.4 is 10.6 Å². The number of carbonyl (C=O) groups is 2. The Morgan fingerprint density at radius 1 is 1.32 bits per heavy atom. The molecule has 0 unspecified atom stereocenters. The van der Waals surface area contributed by atoms with Crippen molar-refractivity contribution in [1.29, 1.82) is 5.26 Å². The van der Waals surface area contributed by atoms with Crippen LogP contribution in [0.5, 0.6) is 0 Å². The van der Waals surface area contributed by atoms with Gasteiger partial charge in [0.05, 0.1) is 17.8 Å². The second-order valence-corrected chi connectivity index (χ2v) is 7.88. The topological polar surface area (TPSA) is 121 Å². The number of nitriles is 1. The fraction of sp³-hybridized carbons (Fsp3) is 0.312. The fourth-order valence-corrected chi connectivity index (χ4v) is 3.47. The van der Waals surface area contributed by atoms with Gasteiger partial charge in [0, 0.05) is 17.1 Å². The average Bonchev–Trinajstić information content (AvgIpc) is 3.20. The Bertz CT molecular complexity index is 1010.